The highest BCUT2D eigenvalue weighted by molar-refractivity contribution is 14.1. The Bertz CT molecular complexity index is 1040. The lowest BCUT2D eigenvalue weighted by Gasteiger charge is -2.10. The predicted molar refractivity (Wildman–Crippen MR) is 115 cm³/mol. The number of anilines is 1. The summed E-state index contributed by atoms with van der Waals surface area (Å²) in [7, 11) is 0. The van der Waals surface area contributed by atoms with E-state index in [0.29, 0.717) is 11.3 Å². The third kappa shape index (κ3) is 3.60. The molecule has 1 aliphatic carbocycles. The lowest BCUT2D eigenvalue weighted by molar-refractivity contribution is 0.174. The largest absolute Gasteiger partial charge is 0.454 e. The molecule has 10 heteroatoms. The molecule has 28 heavy (non-hydrogen) atoms. The molecule has 2 aliphatic rings. The Kier molecular flexibility index (Phi) is 4.93. The van der Waals surface area contributed by atoms with Crippen LogP contribution >= 0.6 is 34.4 Å². The number of rotatable bonds is 7. The third-order valence-electron chi connectivity index (χ3n) is 4.80. The normalized spacial score (nSPS) is 15.5. The second kappa shape index (κ2) is 7.56. The maximum atomic E-state index is 6.05. The monoisotopic (exact) mass is 510 g/mol. The van der Waals surface area contributed by atoms with Gasteiger partial charge in [-0.25, -0.2) is 15.0 Å². The van der Waals surface area contributed by atoms with Crippen LogP contribution < -0.4 is 20.5 Å². The number of hydrogen-bond acceptors (Lipinski definition) is 8. The first-order chi connectivity index (χ1) is 13.7. The van der Waals surface area contributed by atoms with E-state index in [4.69, 9.17) is 20.2 Å². The van der Waals surface area contributed by atoms with Crippen molar-refractivity contribution in [2.45, 2.75) is 29.4 Å². The highest BCUT2D eigenvalue weighted by Crippen LogP contribution is 2.41. The fourth-order valence-electron chi connectivity index (χ4n) is 3.11. The van der Waals surface area contributed by atoms with Crippen LogP contribution in [0.5, 0.6) is 11.5 Å². The van der Waals surface area contributed by atoms with Crippen LogP contribution in [0.3, 0.4) is 0 Å². The molecule has 1 saturated carbocycles. The molecule has 0 unspecified atom stereocenters. The van der Waals surface area contributed by atoms with Gasteiger partial charge in [0.15, 0.2) is 33.6 Å². The van der Waals surface area contributed by atoms with E-state index in [1.807, 2.05) is 12.1 Å². The van der Waals surface area contributed by atoms with Crippen molar-refractivity contribution < 1.29 is 9.47 Å². The van der Waals surface area contributed by atoms with E-state index in [0.717, 1.165) is 56.3 Å². The molecule has 146 valence electrons. The first-order valence-electron chi connectivity index (χ1n) is 9.13. The number of nitrogens with one attached hydrogen (secondary N) is 1. The van der Waals surface area contributed by atoms with E-state index in [1.165, 1.54) is 19.2 Å². The summed E-state index contributed by atoms with van der Waals surface area (Å²) in [6.07, 6.45) is 4.18. The molecule has 5 rings (SSSR count). The molecule has 3 N–H and O–H groups in total. The summed E-state index contributed by atoms with van der Waals surface area (Å²) < 4.78 is 14.2. The number of fused-ring (bicyclic) bond motifs is 2. The molecule has 8 nitrogen and oxygen atoms in total. The lowest BCUT2D eigenvalue weighted by Crippen LogP contribution is -2.22. The molecule has 0 amide bonds. The Labute approximate surface area is 179 Å². The zero-order chi connectivity index (χ0) is 19.1. The van der Waals surface area contributed by atoms with Crippen LogP contribution in [0.15, 0.2) is 28.5 Å². The number of ether oxygens (including phenoxy) is 2. The molecule has 2 aromatic heterocycles. The van der Waals surface area contributed by atoms with Crippen molar-refractivity contribution in [3.63, 3.8) is 0 Å². The second-order valence-corrected chi connectivity index (χ2v) is 9.03. The molecule has 1 aromatic carbocycles. The summed E-state index contributed by atoms with van der Waals surface area (Å²) in [5.74, 6) is 2.79. The smallest absolute Gasteiger partial charge is 0.231 e. The molecule has 0 saturated heterocycles. The summed E-state index contributed by atoms with van der Waals surface area (Å²) in [5, 5.41) is 4.37. The third-order valence-corrected chi connectivity index (χ3v) is 7.11. The van der Waals surface area contributed by atoms with Crippen molar-refractivity contribution in [1.29, 1.82) is 0 Å². The van der Waals surface area contributed by atoms with Gasteiger partial charge in [0, 0.05) is 21.6 Å². The van der Waals surface area contributed by atoms with Crippen molar-refractivity contribution in [3.05, 3.63) is 22.0 Å². The molecule has 0 atom stereocenters. The van der Waals surface area contributed by atoms with Gasteiger partial charge in [-0.05, 0) is 60.0 Å². The standard InChI is InChI=1S/C18H19IN6O2S/c19-11-5-12-13(27-9-26-12)6-14(11)28-18-24-15-16(20)22-8-23-17(15)25(18)4-3-21-7-10-1-2-10/h5-6,8,10,21H,1-4,7,9H2,(H2,20,22,23). The van der Waals surface area contributed by atoms with E-state index >= 15 is 0 Å². The average Bonchev–Trinajstić information content (AvgIpc) is 3.29. The van der Waals surface area contributed by atoms with Crippen molar-refractivity contribution in [1.82, 2.24) is 24.8 Å². The number of halogens is 1. The van der Waals surface area contributed by atoms with Crippen LogP contribution in [-0.4, -0.2) is 39.4 Å². The Morgan fingerprint density at radius 2 is 2.07 bits per heavy atom. The number of hydrogen-bond donors (Lipinski definition) is 2. The van der Waals surface area contributed by atoms with Crippen LogP contribution in [0.4, 0.5) is 5.82 Å². The molecular formula is C18H19IN6O2S. The lowest BCUT2D eigenvalue weighted by atomic mass is 10.3. The van der Waals surface area contributed by atoms with E-state index in [2.05, 4.69) is 42.4 Å². The second-order valence-electron chi connectivity index (χ2n) is 6.86. The first-order valence-corrected chi connectivity index (χ1v) is 11.0. The zero-order valence-corrected chi connectivity index (χ0v) is 18.0. The average molecular weight is 510 g/mol. The SMILES string of the molecule is Nc1ncnc2c1nc(Sc1cc3c(cc1I)OCO3)n2CCNCC1CC1. The van der Waals surface area contributed by atoms with Gasteiger partial charge in [-0.2, -0.15) is 0 Å². The van der Waals surface area contributed by atoms with Crippen LogP contribution in [-0.2, 0) is 6.54 Å². The minimum absolute atomic E-state index is 0.261. The van der Waals surface area contributed by atoms with Crippen molar-refractivity contribution in [3.8, 4) is 11.5 Å². The van der Waals surface area contributed by atoms with Gasteiger partial charge in [0.1, 0.15) is 6.33 Å². The Hall–Kier alpha value is -1.79. The molecule has 0 spiro atoms. The van der Waals surface area contributed by atoms with Crippen LogP contribution in [0.2, 0.25) is 0 Å². The minimum atomic E-state index is 0.261. The van der Waals surface area contributed by atoms with E-state index in [1.54, 1.807) is 11.8 Å². The molecule has 1 aliphatic heterocycles. The topological polar surface area (TPSA) is 100 Å². The quantitative estimate of drug-likeness (QED) is 0.370. The predicted octanol–water partition coefficient (Wildman–Crippen LogP) is 2.89. The van der Waals surface area contributed by atoms with Gasteiger partial charge in [-0.3, -0.25) is 0 Å². The first kappa shape index (κ1) is 18.3. The van der Waals surface area contributed by atoms with Crippen LogP contribution in [0, 0.1) is 9.49 Å². The van der Waals surface area contributed by atoms with Crippen molar-refractivity contribution >= 4 is 51.3 Å². The van der Waals surface area contributed by atoms with Gasteiger partial charge in [0.2, 0.25) is 6.79 Å². The van der Waals surface area contributed by atoms with Gasteiger partial charge in [0.25, 0.3) is 0 Å². The zero-order valence-electron chi connectivity index (χ0n) is 15.0. The van der Waals surface area contributed by atoms with Crippen LogP contribution in [0.1, 0.15) is 12.8 Å². The van der Waals surface area contributed by atoms with Gasteiger partial charge in [0.05, 0.1) is 0 Å². The Balaban J connectivity index is 1.45. The van der Waals surface area contributed by atoms with Crippen LogP contribution in [0.25, 0.3) is 11.2 Å². The van der Waals surface area contributed by atoms with Gasteiger partial charge in [-0.15, -0.1) is 0 Å². The Morgan fingerprint density at radius 3 is 2.89 bits per heavy atom. The molecule has 3 aromatic rings. The fourth-order valence-corrected chi connectivity index (χ4v) is 4.82. The summed E-state index contributed by atoms with van der Waals surface area (Å²) in [6, 6.07) is 3.99. The summed E-state index contributed by atoms with van der Waals surface area (Å²) >= 11 is 3.88. The molecule has 0 radical (unpaired) electrons. The van der Waals surface area contributed by atoms with Gasteiger partial charge >= 0.3 is 0 Å². The van der Waals surface area contributed by atoms with Gasteiger partial charge < -0.3 is 25.1 Å². The number of nitrogens with zero attached hydrogens (tertiary/aromatic N) is 4. The van der Waals surface area contributed by atoms with E-state index in [9.17, 15) is 0 Å². The molecule has 0 bridgehead atoms. The fraction of sp³-hybridized carbons (Fsp3) is 0.389. The highest BCUT2D eigenvalue weighted by atomic mass is 127. The summed E-state index contributed by atoms with van der Waals surface area (Å²) in [4.78, 5) is 14.3. The van der Waals surface area contributed by atoms with E-state index < -0.39 is 0 Å². The highest BCUT2D eigenvalue weighted by Gasteiger charge is 2.22. The van der Waals surface area contributed by atoms with Crippen molar-refractivity contribution in [2.75, 3.05) is 25.6 Å². The number of nitrogen functional groups attached to an aromatic ring is 1. The number of nitrogens with two attached hydrogens (primary N) is 1. The number of imidazole rings is 1. The molecule has 1 fully saturated rings. The van der Waals surface area contributed by atoms with E-state index in [-0.39, 0.29) is 6.79 Å². The summed E-state index contributed by atoms with van der Waals surface area (Å²) in [5.41, 5.74) is 7.45. The number of benzene rings is 1. The minimum Gasteiger partial charge on any atom is -0.454 e. The Morgan fingerprint density at radius 1 is 1.25 bits per heavy atom. The maximum Gasteiger partial charge on any atom is 0.231 e. The number of aromatic nitrogens is 4. The van der Waals surface area contributed by atoms with Gasteiger partial charge in [-0.1, -0.05) is 11.8 Å². The maximum absolute atomic E-state index is 6.05. The molecular weight excluding hydrogens is 491 g/mol. The molecule has 3 heterocycles. The summed E-state index contributed by atoms with van der Waals surface area (Å²) in [6.45, 7) is 2.96. The van der Waals surface area contributed by atoms with Crippen molar-refractivity contribution in [2.24, 2.45) is 5.92 Å².